The van der Waals surface area contributed by atoms with E-state index in [1.807, 2.05) is 30.3 Å². The highest BCUT2D eigenvalue weighted by molar-refractivity contribution is 7.91. The molecule has 0 fully saturated rings. The van der Waals surface area contributed by atoms with Gasteiger partial charge in [0, 0.05) is 12.8 Å². The molecule has 2 rings (SSSR count). The molecular weight excluding hydrogens is 310 g/mol. The van der Waals surface area contributed by atoms with Gasteiger partial charge in [-0.1, -0.05) is 30.3 Å². The normalized spacial score (nSPS) is 11.3. The van der Waals surface area contributed by atoms with Crippen LogP contribution in [0.5, 0.6) is 0 Å². The monoisotopic (exact) mass is 325 g/mol. The highest BCUT2D eigenvalue weighted by Gasteiger charge is 2.25. The van der Waals surface area contributed by atoms with Crippen LogP contribution < -0.4 is 16.8 Å². The van der Waals surface area contributed by atoms with Gasteiger partial charge in [0.15, 0.2) is 9.84 Å². The second-order valence-corrected chi connectivity index (χ2v) is 7.45. The third-order valence-corrected chi connectivity index (χ3v) is 5.26. The number of anilines is 2. The van der Waals surface area contributed by atoms with Crippen LogP contribution in [0.1, 0.15) is 15.2 Å². The van der Waals surface area contributed by atoms with Gasteiger partial charge in [-0.3, -0.25) is 4.79 Å². The van der Waals surface area contributed by atoms with Crippen LogP contribution in [-0.2, 0) is 16.4 Å². The Bertz CT molecular complexity index is 767. The lowest BCUT2D eigenvalue weighted by molar-refractivity contribution is 0.100. The van der Waals surface area contributed by atoms with Gasteiger partial charge >= 0.3 is 0 Å². The summed E-state index contributed by atoms with van der Waals surface area (Å²) < 4.78 is 23.7. The van der Waals surface area contributed by atoms with Crippen LogP contribution in [0.25, 0.3) is 0 Å². The number of nitrogens with one attached hydrogen (secondary N) is 1. The Kier molecular flexibility index (Phi) is 4.19. The average Bonchev–Trinajstić information content (AvgIpc) is 2.74. The summed E-state index contributed by atoms with van der Waals surface area (Å²) in [7, 11) is -3.57. The summed E-state index contributed by atoms with van der Waals surface area (Å²) in [5.74, 6) is -0.741. The van der Waals surface area contributed by atoms with E-state index in [1.54, 1.807) is 0 Å². The van der Waals surface area contributed by atoms with Crippen molar-refractivity contribution in [2.75, 3.05) is 17.3 Å². The molecule has 6 nitrogen and oxygen atoms in total. The Hall–Kier alpha value is -2.06. The highest BCUT2D eigenvalue weighted by Crippen LogP contribution is 2.39. The molecular formula is C13H15N3O3S2. The molecule has 2 aromatic rings. The summed E-state index contributed by atoms with van der Waals surface area (Å²) >= 11 is 0.951. The summed E-state index contributed by atoms with van der Waals surface area (Å²) in [5.41, 5.74) is 11.9. The van der Waals surface area contributed by atoms with Crippen molar-refractivity contribution in [3.8, 4) is 0 Å². The number of rotatable bonds is 5. The number of hydrogen-bond acceptors (Lipinski definition) is 6. The maximum Gasteiger partial charge on any atom is 0.261 e. The number of primary amides is 1. The van der Waals surface area contributed by atoms with Gasteiger partial charge in [0.25, 0.3) is 5.91 Å². The van der Waals surface area contributed by atoms with E-state index >= 15 is 0 Å². The number of sulfone groups is 1. The molecule has 1 aromatic carbocycles. The lowest BCUT2D eigenvalue weighted by Crippen LogP contribution is -2.12. The van der Waals surface area contributed by atoms with Gasteiger partial charge in [-0.25, -0.2) is 8.42 Å². The van der Waals surface area contributed by atoms with E-state index in [4.69, 9.17) is 11.5 Å². The van der Waals surface area contributed by atoms with E-state index in [1.165, 1.54) is 0 Å². The third-order valence-electron chi connectivity index (χ3n) is 2.79. The van der Waals surface area contributed by atoms with E-state index in [9.17, 15) is 13.2 Å². The van der Waals surface area contributed by atoms with Crippen molar-refractivity contribution in [1.29, 1.82) is 0 Å². The smallest absolute Gasteiger partial charge is 0.261 e. The lowest BCUT2D eigenvalue weighted by atomic mass is 10.2. The van der Waals surface area contributed by atoms with Crippen LogP contribution in [0.3, 0.4) is 0 Å². The third kappa shape index (κ3) is 3.34. The SMILES string of the molecule is CS(=O)(=O)c1c(NCc2ccccc2)sc(C(N)=O)c1N. The zero-order valence-corrected chi connectivity index (χ0v) is 12.9. The van der Waals surface area contributed by atoms with Crippen LogP contribution in [0.4, 0.5) is 10.7 Å². The predicted octanol–water partition coefficient (Wildman–Crippen LogP) is 1.44. The van der Waals surface area contributed by atoms with Gasteiger partial charge in [-0.2, -0.15) is 0 Å². The van der Waals surface area contributed by atoms with Gasteiger partial charge in [-0.05, 0) is 5.56 Å². The predicted molar refractivity (Wildman–Crippen MR) is 84.1 cm³/mol. The second kappa shape index (κ2) is 5.74. The molecule has 1 amide bonds. The van der Waals surface area contributed by atoms with Gasteiger partial charge in [0.2, 0.25) is 0 Å². The first kappa shape index (κ1) is 15.3. The molecule has 0 saturated carbocycles. The minimum atomic E-state index is -3.57. The number of carbonyl (C=O) groups excluding carboxylic acids is 1. The number of thiophene rings is 1. The molecule has 0 atom stereocenters. The quantitative estimate of drug-likeness (QED) is 0.769. The molecule has 0 aliphatic heterocycles. The first-order valence-electron chi connectivity index (χ1n) is 6.00. The first-order valence-corrected chi connectivity index (χ1v) is 8.71. The van der Waals surface area contributed by atoms with Crippen molar-refractivity contribution >= 4 is 37.8 Å². The fourth-order valence-corrected chi connectivity index (χ4v) is 4.29. The molecule has 0 saturated heterocycles. The Morgan fingerprint density at radius 2 is 1.90 bits per heavy atom. The molecule has 5 N–H and O–H groups in total. The minimum Gasteiger partial charge on any atom is -0.396 e. The number of nitrogens with two attached hydrogens (primary N) is 2. The zero-order chi connectivity index (χ0) is 15.6. The van der Waals surface area contributed by atoms with Crippen LogP contribution in [0.15, 0.2) is 35.2 Å². The van der Waals surface area contributed by atoms with Crippen molar-refractivity contribution in [2.24, 2.45) is 5.73 Å². The molecule has 0 aliphatic rings. The van der Waals surface area contributed by atoms with Gasteiger partial charge in [0.1, 0.15) is 14.8 Å². The van der Waals surface area contributed by atoms with E-state index in [2.05, 4.69) is 5.32 Å². The summed E-state index contributed by atoms with van der Waals surface area (Å²) in [4.78, 5) is 11.3. The minimum absolute atomic E-state index is 0.0472. The average molecular weight is 325 g/mol. The lowest BCUT2D eigenvalue weighted by Gasteiger charge is -2.06. The molecule has 0 bridgehead atoms. The summed E-state index contributed by atoms with van der Waals surface area (Å²) in [6.07, 6.45) is 1.05. The van der Waals surface area contributed by atoms with Crippen LogP contribution in [0, 0.1) is 0 Å². The Morgan fingerprint density at radius 1 is 1.29 bits per heavy atom. The number of benzene rings is 1. The van der Waals surface area contributed by atoms with Gasteiger partial charge < -0.3 is 16.8 Å². The maximum absolute atomic E-state index is 11.9. The van der Waals surface area contributed by atoms with E-state index in [0.717, 1.165) is 23.2 Å². The number of nitrogen functional groups attached to an aromatic ring is 1. The molecule has 0 spiro atoms. The summed E-state index contributed by atoms with van der Waals surface area (Å²) in [6, 6.07) is 9.45. The zero-order valence-electron chi connectivity index (χ0n) is 11.3. The standard InChI is InChI=1S/C13H15N3O3S2/c1-21(18,19)11-9(14)10(12(15)17)20-13(11)16-7-8-5-3-2-4-6-8/h2-6,16H,7,14H2,1H3,(H2,15,17). The van der Waals surface area contributed by atoms with Crippen molar-refractivity contribution in [3.63, 3.8) is 0 Å². The van der Waals surface area contributed by atoms with Gasteiger partial charge in [-0.15, -0.1) is 11.3 Å². The van der Waals surface area contributed by atoms with E-state index in [-0.39, 0.29) is 15.5 Å². The largest absolute Gasteiger partial charge is 0.396 e. The van der Waals surface area contributed by atoms with Crippen molar-refractivity contribution in [3.05, 3.63) is 40.8 Å². The number of carbonyl (C=O) groups is 1. The van der Waals surface area contributed by atoms with Crippen LogP contribution in [0.2, 0.25) is 0 Å². The fourth-order valence-electron chi connectivity index (χ4n) is 1.87. The summed E-state index contributed by atoms with van der Waals surface area (Å²) in [6.45, 7) is 0.418. The fraction of sp³-hybridized carbons (Fsp3) is 0.154. The molecule has 112 valence electrons. The summed E-state index contributed by atoms with van der Waals surface area (Å²) in [5, 5.41) is 3.33. The second-order valence-electron chi connectivity index (χ2n) is 4.48. The molecule has 21 heavy (non-hydrogen) atoms. The topological polar surface area (TPSA) is 115 Å². The van der Waals surface area contributed by atoms with Crippen molar-refractivity contribution < 1.29 is 13.2 Å². The highest BCUT2D eigenvalue weighted by atomic mass is 32.2. The Balaban J connectivity index is 2.39. The van der Waals surface area contributed by atoms with Crippen LogP contribution in [-0.4, -0.2) is 20.6 Å². The first-order chi connectivity index (χ1) is 9.80. The molecule has 0 radical (unpaired) electrons. The Labute approximate surface area is 126 Å². The number of hydrogen-bond donors (Lipinski definition) is 3. The van der Waals surface area contributed by atoms with Crippen LogP contribution >= 0.6 is 11.3 Å². The molecule has 1 aromatic heterocycles. The Morgan fingerprint density at radius 3 is 2.43 bits per heavy atom. The van der Waals surface area contributed by atoms with E-state index < -0.39 is 15.7 Å². The maximum atomic E-state index is 11.9. The number of amides is 1. The van der Waals surface area contributed by atoms with Crippen molar-refractivity contribution in [1.82, 2.24) is 0 Å². The van der Waals surface area contributed by atoms with E-state index in [0.29, 0.717) is 11.5 Å². The molecule has 0 aliphatic carbocycles. The molecule has 8 heteroatoms. The molecule has 0 unspecified atom stereocenters. The van der Waals surface area contributed by atoms with Gasteiger partial charge in [0.05, 0.1) is 5.69 Å². The molecule has 1 heterocycles. The van der Waals surface area contributed by atoms with Crippen molar-refractivity contribution in [2.45, 2.75) is 11.4 Å².